The topological polar surface area (TPSA) is 87.0 Å². The van der Waals surface area contributed by atoms with Crippen LogP contribution in [0.1, 0.15) is 46.6 Å². The van der Waals surface area contributed by atoms with E-state index in [1.165, 1.54) is 12.1 Å². The van der Waals surface area contributed by atoms with Crippen LogP contribution in [0.4, 0.5) is 11.4 Å². The SMILES string of the molecule is CC(C)CN1C(=O)c2ccccc2[C@@H](C(=O)N2CCN(c3ccc([N+](=O)[O-])cc3)CC2)[C@@H]1c1cccs1. The van der Waals surface area contributed by atoms with Gasteiger partial charge in [-0.2, -0.15) is 0 Å². The predicted molar refractivity (Wildman–Crippen MR) is 144 cm³/mol. The van der Waals surface area contributed by atoms with Crippen LogP contribution in [0.2, 0.25) is 0 Å². The lowest BCUT2D eigenvalue weighted by Crippen LogP contribution is -2.53. The first-order chi connectivity index (χ1) is 17.8. The molecule has 1 fully saturated rings. The van der Waals surface area contributed by atoms with Crippen LogP contribution in [-0.2, 0) is 4.79 Å². The molecular weight excluding hydrogens is 488 g/mol. The zero-order chi connectivity index (χ0) is 26.1. The third-order valence-corrected chi connectivity index (χ3v) is 8.06. The van der Waals surface area contributed by atoms with E-state index >= 15 is 0 Å². The summed E-state index contributed by atoms with van der Waals surface area (Å²) in [6.07, 6.45) is 0. The molecule has 1 saturated heterocycles. The Morgan fingerprint density at radius 3 is 2.35 bits per heavy atom. The molecule has 37 heavy (non-hydrogen) atoms. The Morgan fingerprint density at radius 2 is 1.73 bits per heavy atom. The number of rotatable bonds is 6. The van der Waals surface area contributed by atoms with Crippen molar-refractivity contribution in [2.45, 2.75) is 25.8 Å². The monoisotopic (exact) mass is 518 g/mol. The van der Waals surface area contributed by atoms with Crippen LogP contribution in [0.5, 0.6) is 0 Å². The Balaban J connectivity index is 1.43. The van der Waals surface area contributed by atoms with Gasteiger partial charge < -0.3 is 14.7 Å². The zero-order valence-electron chi connectivity index (χ0n) is 20.9. The Morgan fingerprint density at radius 1 is 1.03 bits per heavy atom. The summed E-state index contributed by atoms with van der Waals surface area (Å²) in [6, 6.07) is 17.7. The lowest BCUT2D eigenvalue weighted by atomic mass is 9.80. The first kappa shape index (κ1) is 25.0. The number of piperazine rings is 1. The average Bonchev–Trinajstić information content (AvgIpc) is 3.44. The summed E-state index contributed by atoms with van der Waals surface area (Å²) in [7, 11) is 0. The van der Waals surface area contributed by atoms with E-state index in [1.807, 2.05) is 51.6 Å². The molecule has 0 radical (unpaired) electrons. The van der Waals surface area contributed by atoms with Crippen LogP contribution in [0.15, 0.2) is 66.0 Å². The lowest BCUT2D eigenvalue weighted by Gasteiger charge is -2.44. The number of hydrogen-bond acceptors (Lipinski definition) is 6. The summed E-state index contributed by atoms with van der Waals surface area (Å²) in [5.41, 5.74) is 2.38. The molecule has 9 heteroatoms. The van der Waals surface area contributed by atoms with Gasteiger partial charge in [-0.15, -0.1) is 11.3 Å². The predicted octanol–water partition coefficient (Wildman–Crippen LogP) is 4.94. The molecule has 2 amide bonds. The molecule has 0 saturated carbocycles. The number of benzene rings is 2. The number of carbonyl (C=O) groups is 2. The largest absolute Gasteiger partial charge is 0.368 e. The highest BCUT2D eigenvalue weighted by Crippen LogP contribution is 2.45. The Labute approximate surface area is 220 Å². The van der Waals surface area contributed by atoms with Gasteiger partial charge in [-0.3, -0.25) is 19.7 Å². The van der Waals surface area contributed by atoms with Crippen LogP contribution >= 0.6 is 11.3 Å². The van der Waals surface area contributed by atoms with Crippen molar-refractivity contribution in [3.63, 3.8) is 0 Å². The van der Waals surface area contributed by atoms with Crippen molar-refractivity contribution >= 4 is 34.5 Å². The fourth-order valence-corrected chi connectivity index (χ4v) is 6.27. The van der Waals surface area contributed by atoms with Crippen molar-refractivity contribution in [3.8, 4) is 0 Å². The molecule has 192 valence electrons. The van der Waals surface area contributed by atoms with Gasteiger partial charge in [0.1, 0.15) is 0 Å². The summed E-state index contributed by atoms with van der Waals surface area (Å²) in [4.78, 5) is 45.4. The van der Waals surface area contributed by atoms with Crippen LogP contribution in [0.3, 0.4) is 0 Å². The Kier molecular flexibility index (Phi) is 6.97. The van der Waals surface area contributed by atoms with Crippen molar-refractivity contribution in [1.29, 1.82) is 0 Å². The Bertz CT molecular complexity index is 1280. The zero-order valence-corrected chi connectivity index (χ0v) is 21.8. The second kappa shape index (κ2) is 10.3. The van der Waals surface area contributed by atoms with E-state index in [2.05, 4.69) is 18.7 Å². The second-order valence-corrected chi connectivity index (χ2v) is 10.9. The molecule has 8 nitrogen and oxygen atoms in total. The molecule has 0 spiro atoms. The quantitative estimate of drug-likeness (QED) is 0.341. The number of nitro groups is 1. The molecule has 2 aliphatic heterocycles. The maximum atomic E-state index is 14.2. The van der Waals surface area contributed by atoms with Gasteiger partial charge in [0.05, 0.1) is 16.9 Å². The van der Waals surface area contributed by atoms with Crippen molar-refractivity contribution in [2.75, 3.05) is 37.6 Å². The Hall–Kier alpha value is -3.72. The number of fused-ring (bicyclic) bond motifs is 1. The van der Waals surface area contributed by atoms with E-state index in [0.29, 0.717) is 38.3 Å². The lowest BCUT2D eigenvalue weighted by molar-refractivity contribution is -0.384. The third-order valence-electron chi connectivity index (χ3n) is 7.12. The summed E-state index contributed by atoms with van der Waals surface area (Å²) in [5, 5.41) is 13.0. The number of nitrogens with zero attached hydrogens (tertiary/aromatic N) is 4. The maximum absolute atomic E-state index is 14.2. The third kappa shape index (κ3) is 4.83. The smallest absolute Gasteiger partial charge is 0.269 e. The van der Waals surface area contributed by atoms with E-state index in [9.17, 15) is 19.7 Å². The molecule has 3 heterocycles. The number of non-ortho nitro benzene ring substituents is 1. The molecule has 0 bridgehead atoms. The molecule has 1 aromatic heterocycles. The van der Waals surface area contributed by atoms with Gasteiger partial charge >= 0.3 is 0 Å². The number of anilines is 1. The minimum Gasteiger partial charge on any atom is -0.368 e. The molecule has 5 rings (SSSR count). The molecule has 2 aromatic carbocycles. The number of carbonyl (C=O) groups excluding carboxylic acids is 2. The molecular formula is C28H30N4O4S. The van der Waals surface area contributed by atoms with Gasteiger partial charge in [0.2, 0.25) is 5.91 Å². The minimum atomic E-state index is -0.475. The summed E-state index contributed by atoms with van der Waals surface area (Å²) < 4.78 is 0. The summed E-state index contributed by atoms with van der Waals surface area (Å²) in [6.45, 7) is 7.12. The maximum Gasteiger partial charge on any atom is 0.269 e. The molecule has 3 aromatic rings. The number of nitro benzene ring substituents is 1. The molecule has 0 unspecified atom stereocenters. The number of hydrogen-bond donors (Lipinski definition) is 0. The fourth-order valence-electron chi connectivity index (χ4n) is 5.40. The molecule has 0 aliphatic carbocycles. The van der Waals surface area contributed by atoms with Crippen LogP contribution in [-0.4, -0.2) is 59.3 Å². The highest BCUT2D eigenvalue weighted by molar-refractivity contribution is 7.10. The standard InChI is InChI=1S/C28H30N4O4S/c1-19(2)18-31-26(24-8-5-17-37-24)25(22-6-3-4-7-23(22)27(31)33)28(34)30-15-13-29(14-16-30)20-9-11-21(12-10-20)32(35)36/h3-12,17,19,25-26H,13-16,18H2,1-2H3/t25-,26+/m1/s1. The van der Waals surface area contributed by atoms with E-state index < -0.39 is 10.8 Å². The van der Waals surface area contributed by atoms with Crippen LogP contribution in [0, 0.1) is 16.0 Å². The van der Waals surface area contributed by atoms with Gasteiger partial charge in [0.25, 0.3) is 11.6 Å². The normalized spacial score (nSPS) is 19.8. The first-order valence-electron chi connectivity index (χ1n) is 12.6. The van der Waals surface area contributed by atoms with E-state index in [1.54, 1.807) is 23.5 Å². The van der Waals surface area contributed by atoms with Crippen LogP contribution < -0.4 is 4.90 Å². The van der Waals surface area contributed by atoms with Gasteiger partial charge in [-0.25, -0.2) is 0 Å². The molecule has 2 aliphatic rings. The van der Waals surface area contributed by atoms with Gasteiger partial charge in [0, 0.05) is 61.0 Å². The van der Waals surface area contributed by atoms with E-state index in [0.717, 1.165) is 16.1 Å². The van der Waals surface area contributed by atoms with Crippen molar-refractivity contribution < 1.29 is 14.5 Å². The average molecular weight is 519 g/mol. The summed E-state index contributed by atoms with van der Waals surface area (Å²) >= 11 is 1.58. The number of thiophene rings is 1. The van der Waals surface area contributed by atoms with Gasteiger partial charge in [-0.05, 0) is 41.1 Å². The molecule has 2 atom stereocenters. The van der Waals surface area contributed by atoms with Crippen molar-refractivity contribution in [1.82, 2.24) is 9.80 Å². The fraction of sp³-hybridized carbons (Fsp3) is 0.357. The number of amides is 2. The highest BCUT2D eigenvalue weighted by Gasteiger charge is 2.46. The molecule has 0 N–H and O–H groups in total. The van der Waals surface area contributed by atoms with Crippen molar-refractivity contribution in [3.05, 3.63) is 92.2 Å². The van der Waals surface area contributed by atoms with E-state index in [4.69, 9.17) is 0 Å². The van der Waals surface area contributed by atoms with E-state index in [-0.39, 0.29) is 29.5 Å². The van der Waals surface area contributed by atoms with Crippen molar-refractivity contribution in [2.24, 2.45) is 5.92 Å². The second-order valence-electron chi connectivity index (χ2n) is 9.96. The highest BCUT2D eigenvalue weighted by atomic mass is 32.1. The van der Waals surface area contributed by atoms with Gasteiger partial charge in [-0.1, -0.05) is 38.1 Å². The first-order valence-corrected chi connectivity index (χ1v) is 13.4. The summed E-state index contributed by atoms with van der Waals surface area (Å²) in [5.74, 6) is -0.194. The van der Waals surface area contributed by atoms with Crippen LogP contribution in [0.25, 0.3) is 0 Å². The van der Waals surface area contributed by atoms with Gasteiger partial charge in [0.15, 0.2) is 0 Å². The minimum absolute atomic E-state index is 0.0188.